The Morgan fingerprint density at radius 2 is 2.19 bits per heavy atom. The van der Waals surface area contributed by atoms with E-state index >= 15 is 0 Å². The highest BCUT2D eigenvalue weighted by Gasteiger charge is 2.18. The van der Waals surface area contributed by atoms with Crippen molar-refractivity contribution in [1.82, 2.24) is 0 Å². The van der Waals surface area contributed by atoms with Crippen LogP contribution in [0.5, 0.6) is 0 Å². The molecule has 0 bridgehead atoms. The highest BCUT2D eigenvalue weighted by molar-refractivity contribution is 5.99. The van der Waals surface area contributed by atoms with E-state index in [4.69, 9.17) is 9.84 Å². The molecule has 1 aromatic carbocycles. The van der Waals surface area contributed by atoms with Crippen LogP contribution in [0.15, 0.2) is 36.1 Å². The molecular weight excluding hydrogens is 275 g/mol. The van der Waals surface area contributed by atoms with Crippen LogP contribution in [-0.2, 0) is 20.7 Å². The lowest BCUT2D eigenvalue weighted by molar-refractivity contribution is -0.136. The van der Waals surface area contributed by atoms with Crippen LogP contribution in [0.4, 0.5) is 4.39 Å². The zero-order valence-corrected chi connectivity index (χ0v) is 11.6. The van der Waals surface area contributed by atoms with Crippen LogP contribution in [0.25, 0.3) is 5.57 Å². The summed E-state index contributed by atoms with van der Waals surface area (Å²) in [6.07, 6.45) is 2.98. The zero-order valence-electron chi connectivity index (χ0n) is 11.6. The van der Waals surface area contributed by atoms with E-state index in [9.17, 15) is 14.0 Å². The van der Waals surface area contributed by atoms with Crippen molar-refractivity contribution in [2.45, 2.75) is 19.8 Å². The fourth-order valence-corrected chi connectivity index (χ4v) is 2.14. The molecule has 1 aliphatic carbocycles. The first-order chi connectivity index (χ1) is 10.0. The third-order valence-corrected chi connectivity index (χ3v) is 3.07. The molecule has 0 heterocycles. The van der Waals surface area contributed by atoms with Gasteiger partial charge in [0.15, 0.2) is 5.78 Å². The molecule has 0 fully saturated rings. The average molecular weight is 290 g/mol. The monoisotopic (exact) mass is 290 g/mol. The number of allylic oxidation sites excluding steroid dienone is 3. The molecule has 0 aromatic heterocycles. The van der Waals surface area contributed by atoms with Gasteiger partial charge in [0.25, 0.3) is 0 Å². The molecule has 110 valence electrons. The van der Waals surface area contributed by atoms with Crippen LogP contribution >= 0.6 is 0 Å². The molecule has 0 spiro atoms. The number of carbonyl (C=O) groups is 2. The van der Waals surface area contributed by atoms with Gasteiger partial charge in [-0.25, -0.2) is 4.39 Å². The normalized spacial score (nSPS) is 14.5. The molecule has 0 saturated carbocycles. The predicted molar refractivity (Wildman–Crippen MR) is 75.0 cm³/mol. The fraction of sp³-hybridized carbons (Fsp3) is 0.250. The number of carboxylic acids is 1. The summed E-state index contributed by atoms with van der Waals surface area (Å²) in [6.45, 7) is 2.20. The minimum absolute atomic E-state index is 0.0647. The number of benzene rings is 1. The summed E-state index contributed by atoms with van der Waals surface area (Å²) in [5.74, 6) is -1.31. The molecule has 0 aliphatic heterocycles. The smallest absolute Gasteiger partial charge is 0.307 e. The van der Waals surface area contributed by atoms with Gasteiger partial charge >= 0.3 is 5.97 Å². The Labute approximate surface area is 121 Å². The molecule has 0 unspecified atom stereocenters. The van der Waals surface area contributed by atoms with Gasteiger partial charge in [-0.2, -0.15) is 0 Å². The second kappa shape index (κ2) is 6.35. The van der Waals surface area contributed by atoms with E-state index in [1.807, 2.05) is 0 Å². The van der Waals surface area contributed by atoms with Gasteiger partial charge in [-0.1, -0.05) is 18.2 Å². The summed E-state index contributed by atoms with van der Waals surface area (Å²) in [6, 6.07) is 4.35. The van der Waals surface area contributed by atoms with Crippen molar-refractivity contribution in [1.29, 1.82) is 0 Å². The van der Waals surface area contributed by atoms with Crippen molar-refractivity contribution in [2.75, 3.05) is 6.61 Å². The number of halogens is 1. The van der Waals surface area contributed by atoms with Crippen LogP contribution in [0.3, 0.4) is 0 Å². The van der Waals surface area contributed by atoms with Gasteiger partial charge in [-0.05, 0) is 24.1 Å². The Balaban J connectivity index is 2.33. The lowest BCUT2D eigenvalue weighted by Gasteiger charge is -2.16. The molecule has 0 saturated heterocycles. The molecule has 1 N–H and O–H groups in total. The molecule has 21 heavy (non-hydrogen) atoms. The minimum Gasteiger partial charge on any atom is -0.493 e. The second-order valence-corrected chi connectivity index (χ2v) is 4.61. The van der Waals surface area contributed by atoms with Gasteiger partial charge in [0.2, 0.25) is 0 Å². The number of hydrogen-bond donors (Lipinski definition) is 1. The number of carboxylic acid groups (broad SMARTS) is 1. The van der Waals surface area contributed by atoms with Crippen molar-refractivity contribution in [3.05, 3.63) is 53.1 Å². The molecule has 1 aromatic rings. The zero-order chi connectivity index (χ0) is 15.4. The molecule has 0 amide bonds. The Kier molecular flexibility index (Phi) is 4.52. The lowest BCUT2D eigenvalue weighted by atomic mass is 9.95. The lowest BCUT2D eigenvalue weighted by Crippen LogP contribution is -2.07. The van der Waals surface area contributed by atoms with E-state index in [1.165, 1.54) is 18.2 Å². The van der Waals surface area contributed by atoms with Crippen LogP contribution < -0.4 is 0 Å². The summed E-state index contributed by atoms with van der Waals surface area (Å²) < 4.78 is 19.3. The SMILES string of the molecule is CCOC1=CC(=O)CC=C1c1ccc(CC(=O)O)c(F)c1. The fourth-order valence-electron chi connectivity index (χ4n) is 2.14. The van der Waals surface area contributed by atoms with Crippen molar-refractivity contribution in [3.8, 4) is 0 Å². The highest BCUT2D eigenvalue weighted by atomic mass is 19.1. The third-order valence-electron chi connectivity index (χ3n) is 3.07. The summed E-state index contributed by atoms with van der Waals surface area (Å²) in [7, 11) is 0. The Morgan fingerprint density at radius 3 is 2.81 bits per heavy atom. The first-order valence-electron chi connectivity index (χ1n) is 6.59. The van der Waals surface area contributed by atoms with Crippen molar-refractivity contribution < 1.29 is 23.8 Å². The van der Waals surface area contributed by atoms with Crippen LogP contribution in [0, 0.1) is 5.82 Å². The number of rotatable bonds is 5. The number of aliphatic carboxylic acids is 1. The Morgan fingerprint density at radius 1 is 1.43 bits per heavy atom. The number of carbonyl (C=O) groups excluding carboxylic acids is 1. The van der Waals surface area contributed by atoms with E-state index in [1.54, 1.807) is 19.1 Å². The molecule has 0 atom stereocenters. The quantitative estimate of drug-likeness (QED) is 0.905. The van der Waals surface area contributed by atoms with Crippen molar-refractivity contribution in [3.63, 3.8) is 0 Å². The highest BCUT2D eigenvalue weighted by Crippen LogP contribution is 2.29. The van der Waals surface area contributed by atoms with E-state index in [0.29, 0.717) is 23.5 Å². The Hall–Kier alpha value is -2.43. The van der Waals surface area contributed by atoms with Crippen LogP contribution in [-0.4, -0.2) is 23.5 Å². The summed E-state index contributed by atoms with van der Waals surface area (Å²) >= 11 is 0. The van der Waals surface area contributed by atoms with Gasteiger partial charge in [0.1, 0.15) is 11.6 Å². The van der Waals surface area contributed by atoms with E-state index in [0.717, 1.165) is 0 Å². The largest absolute Gasteiger partial charge is 0.493 e. The molecule has 0 radical (unpaired) electrons. The third kappa shape index (κ3) is 3.56. The van der Waals surface area contributed by atoms with E-state index in [2.05, 4.69) is 0 Å². The maximum Gasteiger partial charge on any atom is 0.307 e. The maximum atomic E-state index is 13.9. The predicted octanol–water partition coefficient (Wildman–Crippen LogP) is 2.73. The van der Waals surface area contributed by atoms with E-state index in [-0.39, 0.29) is 24.2 Å². The van der Waals surface area contributed by atoms with Gasteiger partial charge in [0.05, 0.1) is 13.0 Å². The molecular formula is C16H15FO4. The second-order valence-electron chi connectivity index (χ2n) is 4.61. The van der Waals surface area contributed by atoms with Gasteiger partial charge < -0.3 is 9.84 Å². The summed E-state index contributed by atoms with van der Waals surface area (Å²) in [4.78, 5) is 22.1. The van der Waals surface area contributed by atoms with Gasteiger partial charge in [0, 0.05) is 18.1 Å². The number of hydrogen-bond acceptors (Lipinski definition) is 3. The van der Waals surface area contributed by atoms with E-state index < -0.39 is 11.8 Å². The summed E-state index contributed by atoms with van der Waals surface area (Å²) in [5.41, 5.74) is 1.34. The number of ketones is 1. The van der Waals surface area contributed by atoms with Crippen molar-refractivity contribution in [2.24, 2.45) is 0 Å². The standard InChI is InChI=1S/C16H15FO4/c1-2-21-15-9-12(18)5-6-13(15)10-3-4-11(8-16(19)20)14(17)7-10/h3-4,6-7,9H,2,5,8H2,1H3,(H,19,20). The molecule has 4 nitrogen and oxygen atoms in total. The molecule has 1 aliphatic rings. The number of ether oxygens (including phenoxy) is 1. The topological polar surface area (TPSA) is 63.6 Å². The minimum atomic E-state index is -1.08. The van der Waals surface area contributed by atoms with Gasteiger partial charge in [-0.3, -0.25) is 9.59 Å². The first kappa shape index (κ1) is 15.0. The Bertz CT molecular complexity index is 644. The molecule has 2 rings (SSSR count). The summed E-state index contributed by atoms with van der Waals surface area (Å²) in [5, 5.41) is 8.71. The van der Waals surface area contributed by atoms with Gasteiger partial charge in [-0.15, -0.1) is 0 Å². The first-order valence-corrected chi connectivity index (χ1v) is 6.59. The van der Waals surface area contributed by atoms with Crippen LogP contribution in [0.1, 0.15) is 24.5 Å². The maximum absolute atomic E-state index is 13.9. The molecule has 5 heteroatoms. The van der Waals surface area contributed by atoms with Crippen LogP contribution in [0.2, 0.25) is 0 Å². The average Bonchev–Trinajstić information content (AvgIpc) is 2.41. The van der Waals surface area contributed by atoms with Crippen molar-refractivity contribution >= 4 is 17.3 Å².